The maximum atomic E-state index is 12.6. The molecule has 1 fully saturated rings. The highest BCUT2D eigenvalue weighted by Gasteiger charge is 2.31. The van der Waals surface area contributed by atoms with Gasteiger partial charge >= 0.3 is 0 Å². The average Bonchev–Trinajstić information content (AvgIpc) is 3.09. The van der Waals surface area contributed by atoms with Crippen LogP contribution in [0.3, 0.4) is 0 Å². The Bertz CT molecular complexity index is 559. The number of carbonyl (C=O) groups is 1. The first-order chi connectivity index (χ1) is 9.27. The normalized spacial score (nSPS) is 19.6. The molecule has 6 nitrogen and oxygen atoms in total. The van der Waals surface area contributed by atoms with Crippen LogP contribution >= 0.6 is 0 Å². The Balaban J connectivity index is 1.89. The number of H-pyrrole nitrogens is 1. The lowest BCUT2D eigenvalue weighted by atomic mass is 10.0. The van der Waals surface area contributed by atoms with Crippen molar-refractivity contribution in [3.63, 3.8) is 0 Å². The first kappa shape index (κ1) is 12.0. The molecule has 1 aliphatic rings. The van der Waals surface area contributed by atoms with E-state index in [1.165, 1.54) is 6.33 Å². The van der Waals surface area contributed by atoms with Gasteiger partial charge in [0.1, 0.15) is 17.8 Å². The number of nitrogens with zero attached hydrogens (tertiary/aromatic N) is 4. The zero-order valence-electron chi connectivity index (χ0n) is 10.9. The van der Waals surface area contributed by atoms with Gasteiger partial charge in [-0.1, -0.05) is 0 Å². The fraction of sp³-hybridized carbons (Fsp3) is 0.462. The summed E-state index contributed by atoms with van der Waals surface area (Å²) in [7, 11) is 1.89. The quantitative estimate of drug-likeness (QED) is 0.889. The highest BCUT2D eigenvalue weighted by molar-refractivity contribution is 5.93. The molecule has 1 saturated heterocycles. The third kappa shape index (κ3) is 2.14. The Labute approximate surface area is 111 Å². The fourth-order valence-corrected chi connectivity index (χ4v) is 2.66. The topological polar surface area (TPSA) is 66.8 Å². The molecule has 1 amide bonds. The Morgan fingerprint density at radius 3 is 3.05 bits per heavy atom. The molecule has 0 bridgehead atoms. The highest BCUT2D eigenvalue weighted by Crippen LogP contribution is 2.29. The van der Waals surface area contributed by atoms with E-state index in [1.807, 2.05) is 34.8 Å². The number of aromatic nitrogens is 4. The number of piperidine rings is 1. The number of hydrogen-bond acceptors (Lipinski definition) is 3. The maximum absolute atomic E-state index is 12.6. The smallest absolute Gasteiger partial charge is 0.271 e. The van der Waals surface area contributed by atoms with Crippen molar-refractivity contribution in [1.82, 2.24) is 24.6 Å². The molecule has 3 heterocycles. The molecule has 1 unspecified atom stereocenters. The summed E-state index contributed by atoms with van der Waals surface area (Å²) in [6.07, 6.45) is 6.48. The Morgan fingerprint density at radius 2 is 2.37 bits per heavy atom. The minimum absolute atomic E-state index is 0.0126. The summed E-state index contributed by atoms with van der Waals surface area (Å²) >= 11 is 0. The zero-order valence-corrected chi connectivity index (χ0v) is 10.9. The van der Waals surface area contributed by atoms with Gasteiger partial charge in [0.15, 0.2) is 0 Å². The van der Waals surface area contributed by atoms with Crippen molar-refractivity contribution < 1.29 is 4.79 Å². The van der Waals surface area contributed by atoms with Gasteiger partial charge in [-0.2, -0.15) is 5.10 Å². The lowest BCUT2D eigenvalue weighted by Gasteiger charge is -2.34. The van der Waals surface area contributed by atoms with Crippen molar-refractivity contribution in [2.45, 2.75) is 25.3 Å². The van der Waals surface area contributed by atoms with Crippen LogP contribution in [0.25, 0.3) is 0 Å². The van der Waals surface area contributed by atoms with Crippen LogP contribution in [0.1, 0.15) is 41.6 Å². The molecule has 19 heavy (non-hydrogen) atoms. The van der Waals surface area contributed by atoms with Crippen molar-refractivity contribution in [2.24, 2.45) is 7.05 Å². The largest absolute Gasteiger partial charge is 0.347 e. The molecule has 2 aromatic rings. The predicted octanol–water partition coefficient (Wildman–Crippen LogP) is 1.51. The van der Waals surface area contributed by atoms with Crippen LogP contribution in [0.2, 0.25) is 0 Å². The molecule has 0 saturated carbocycles. The fourth-order valence-electron chi connectivity index (χ4n) is 2.66. The van der Waals surface area contributed by atoms with E-state index in [0.717, 1.165) is 31.6 Å². The summed E-state index contributed by atoms with van der Waals surface area (Å²) in [5.41, 5.74) is 0.714. The number of hydrogen-bond donors (Lipinski definition) is 1. The van der Waals surface area contributed by atoms with Gasteiger partial charge in [-0.25, -0.2) is 4.98 Å². The molecule has 100 valence electrons. The van der Waals surface area contributed by atoms with Gasteiger partial charge in [0.2, 0.25) is 0 Å². The van der Waals surface area contributed by atoms with Crippen LogP contribution in [-0.2, 0) is 7.05 Å². The van der Waals surface area contributed by atoms with Crippen LogP contribution in [0, 0.1) is 0 Å². The summed E-state index contributed by atoms with van der Waals surface area (Å²) in [4.78, 5) is 18.7. The van der Waals surface area contributed by atoms with Crippen LogP contribution in [0.15, 0.2) is 24.7 Å². The van der Waals surface area contributed by atoms with Crippen molar-refractivity contribution >= 4 is 5.91 Å². The van der Waals surface area contributed by atoms with Crippen LogP contribution in [-0.4, -0.2) is 37.1 Å². The molecular formula is C13H17N5O. The first-order valence-electron chi connectivity index (χ1n) is 6.55. The van der Waals surface area contributed by atoms with Crippen molar-refractivity contribution in [3.8, 4) is 0 Å². The van der Waals surface area contributed by atoms with Crippen molar-refractivity contribution in [1.29, 1.82) is 0 Å². The summed E-state index contributed by atoms with van der Waals surface area (Å²) in [5.74, 6) is 0.843. The molecule has 0 aromatic carbocycles. The van der Waals surface area contributed by atoms with Gasteiger partial charge in [0, 0.05) is 19.8 Å². The van der Waals surface area contributed by atoms with E-state index >= 15 is 0 Å². The van der Waals surface area contributed by atoms with Gasteiger partial charge in [0.25, 0.3) is 5.91 Å². The number of rotatable bonds is 2. The summed E-state index contributed by atoms with van der Waals surface area (Å²) in [5, 5.41) is 6.78. The summed E-state index contributed by atoms with van der Waals surface area (Å²) in [6.45, 7) is 0.773. The van der Waals surface area contributed by atoms with E-state index in [9.17, 15) is 4.79 Å². The van der Waals surface area contributed by atoms with Crippen LogP contribution in [0.4, 0.5) is 0 Å². The number of aryl methyl sites for hydroxylation is 1. The van der Waals surface area contributed by atoms with Gasteiger partial charge in [-0.3, -0.25) is 9.89 Å². The number of amides is 1. The number of nitrogens with one attached hydrogen (secondary N) is 1. The minimum Gasteiger partial charge on any atom is -0.347 e. The molecule has 3 rings (SSSR count). The third-order valence-corrected chi connectivity index (χ3v) is 3.68. The van der Waals surface area contributed by atoms with E-state index < -0.39 is 0 Å². The molecule has 1 atom stereocenters. The Kier molecular flexibility index (Phi) is 3.06. The van der Waals surface area contributed by atoms with Crippen LogP contribution in [0.5, 0.6) is 0 Å². The second kappa shape index (κ2) is 4.87. The molecule has 0 radical (unpaired) electrons. The maximum Gasteiger partial charge on any atom is 0.271 e. The van der Waals surface area contributed by atoms with E-state index in [4.69, 9.17) is 0 Å². The lowest BCUT2D eigenvalue weighted by Crippen LogP contribution is -2.39. The third-order valence-electron chi connectivity index (χ3n) is 3.68. The molecule has 2 aromatic heterocycles. The number of carbonyl (C=O) groups excluding carboxylic acids is 1. The van der Waals surface area contributed by atoms with Gasteiger partial charge in [-0.15, -0.1) is 0 Å². The Morgan fingerprint density at radius 1 is 1.47 bits per heavy atom. The highest BCUT2D eigenvalue weighted by atomic mass is 16.2. The molecular weight excluding hydrogens is 242 g/mol. The van der Waals surface area contributed by atoms with Gasteiger partial charge in [0.05, 0.1) is 6.04 Å². The van der Waals surface area contributed by atoms with E-state index in [2.05, 4.69) is 15.2 Å². The second-order valence-corrected chi connectivity index (χ2v) is 4.89. The summed E-state index contributed by atoms with van der Waals surface area (Å²) in [6, 6.07) is 3.76. The zero-order chi connectivity index (χ0) is 13.2. The average molecular weight is 259 g/mol. The van der Waals surface area contributed by atoms with Crippen molar-refractivity contribution in [2.75, 3.05) is 6.54 Å². The van der Waals surface area contributed by atoms with E-state index in [1.54, 1.807) is 0 Å². The molecule has 0 spiro atoms. The molecule has 1 N–H and O–H groups in total. The Hall–Kier alpha value is -2.11. The van der Waals surface area contributed by atoms with Gasteiger partial charge < -0.3 is 9.47 Å². The standard InChI is InChI=1S/C13H17N5O/c1-17-7-4-6-11(17)13(19)18-8-3-2-5-10(18)12-14-9-15-16-12/h4,6-7,9-10H,2-3,5,8H2,1H3,(H,14,15,16). The number of aromatic amines is 1. The molecule has 1 aliphatic heterocycles. The predicted molar refractivity (Wildman–Crippen MR) is 69.4 cm³/mol. The van der Waals surface area contributed by atoms with Crippen molar-refractivity contribution in [3.05, 3.63) is 36.2 Å². The molecule has 0 aliphatic carbocycles. The van der Waals surface area contributed by atoms with Crippen LogP contribution < -0.4 is 0 Å². The molecule has 6 heteroatoms. The number of likely N-dealkylation sites (tertiary alicyclic amines) is 1. The SMILES string of the molecule is Cn1cccc1C(=O)N1CCCCC1c1ncn[nH]1. The first-order valence-corrected chi connectivity index (χ1v) is 6.55. The minimum atomic E-state index is 0.0126. The summed E-state index contributed by atoms with van der Waals surface area (Å²) < 4.78 is 1.86. The monoisotopic (exact) mass is 259 g/mol. The van der Waals surface area contributed by atoms with E-state index in [0.29, 0.717) is 5.69 Å². The lowest BCUT2D eigenvalue weighted by molar-refractivity contribution is 0.0590. The van der Waals surface area contributed by atoms with E-state index in [-0.39, 0.29) is 11.9 Å². The van der Waals surface area contributed by atoms with Gasteiger partial charge in [-0.05, 0) is 31.4 Å². The second-order valence-electron chi connectivity index (χ2n) is 4.89.